The molecule has 0 aromatic rings. The maximum Gasteiger partial charge on any atom is 0.220 e. The Balaban J connectivity index is 3.68. The standard InChI is InChI=1S/C17H35N3O3/c1-15(21)16(20-17(22)10-3-5-11-18)9-4-6-12-19-13-7-8-14-23-2/h16,19H,3-14,18H2,1-2H3,(H,20,22). The molecule has 0 aromatic heterocycles. The number of unbranched alkanes of at least 4 members (excludes halogenated alkanes) is 3. The molecule has 0 heterocycles. The minimum Gasteiger partial charge on any atom is -0.385 e. The highest BCUT2D eigenvalue weighted by Gasteiger charge is 2.16. The quantitative estimate of drug-likeness (QED) is 0.372. The summed E-state index contributed by atoms with van der Waals surface area (Å²) in [5.41, 5.74) is 5.41. The van der Waals surface area contributed by atoms with E-state index < -0.39 is 0 Å². The Morgan fingerprint density at radius 2 is 1.74 bits per heavy atom. The lowest BCUT2D eigenvalue weighted by molar-refractivity contribution is -0.127. The average molecular weight is 329 g/mol. The molecule has 0 fully saturated rings. The number of hydrogen-bond donors (Lipinski definition) is 3. The van der Waals surface area contributed by atoms with Crippen molar-refractivity contribution in [2.45, 2.75) is 64.3 Å². The van der Waals surface area contributed by atoms with Crippen LogP contribution >= 0.6 is 0 Å². The summed E-state index contributed by atoms with van der Waals surface area (Å²) in [6, 6.07) is -0.345. The van der Waals surface area contributed by atoms with Crippen LogP contribution in [0.1, 0.15) is 58.3 Å². The number of nitrogens with one attached hydrogen (secondary N) is 2. The molecule has 0 saturated carbocycles. The van der Waals surface area contributed by atoms with Crippen LogP contribution in [0, 0.1) is 0 Å². The fourth-order valence-corrected chi connectivity index (χ4v) is 2.29. The van der Waals surface area contributed by atoms with Crippen molar-refractivity contribution in [3.8, 4) is 0 Å². The Hall–Kier alpha value is -0.980. The normalized spacial score (nSPS) is 12.1. The topological polar surface area (TPSA) is 93.4 Å². The van der Waals surface area contributed by atoms with E-state index in [-0.39, 0.29) is 17.7 Å². The number of Topliss-reactive ketones (excluding diaryl/α,β-unsaturated/α-hetero) is 1. The molecule has 0 rings (SSSR count). The number of ketones is 1. The first kappa shape index (κ1) is 22.0. The highest BCUT2D eigenvalue weighted by atomic mass is 16.5. The van der Waals surface area contributed by atoms with Crippen LogP contribution < -0.4 is 16.4 Å². The summed E-state index contributed by atoms with van der Waals surface area (Å²) < 4.78 is 5.00. The van der Waals surface area contributed by atoms with Crippen LogP contribution in [-0.4, -0.2) is 51.1 Å². The zero-order valence-corrected chi connectivity index (χ0v) is 14.9. The van der Waals surface area contributed by atoms with Gasteiger partial charge in [-0.3, -0.25) is 9.59 Å². The lowest BCUT2D eigenvalue weighted by atomic mass is 10.1. The second-order valence-electron chi connectivity index (χ2n) is 5.92. The van der Waals surface area contributed by atoms with Crippen molar-refractivity contribution in [1.29, 1.82) is 0 Å². The number of carbonyl (C=O) groups excluding carboxylic acids is 2. The molecule has 4 N–H and O–H groups in total. The smallest absolute Gasteiger partial charge is 0.220 e. The molecule has 0 aromatic carbocycles. The molecule has 1 unspecified atom stereocenters. The van der Waals surface area contributed by atoms with Crippen molar-refractivity contribution in [1.82, 2.24) is 10.6 Å². The van der Waals surface area contributed by atoms with Gasteiger partial charge in [0, 0.05) is 20.1 Å². The molecule has 136 valence electrons. The Bertz CT molecular complexity index is 311. The molecule has 6 heteroatoms. The Labute approximate surface area is 140 Å². The fraction of sp³-hybridized carbons (Fsp3) is 0.882. The monoisotopic (exact) mass is 329 g/mol. The van der Waals surface area contributed by atoms with Crippen LogP contribution in [0.25, 0.3) is 0 Å². The van der Waals surface area contributed by atoms with Crippen LogP contribution in [-0.2, 0) is 14.3 Å². The molecule has 0 bridgehead atoms. The third-order valence-corrected chi connectivity index (χ3v) is 3.73. The predicted molar refractivity (Wildman–Crippen MR) is 93.3 cm³/mol. The number of amides is 1. The van der Waals surface area contributed by atoms with Gasteiger partial charge < -0.3 is 21.1 Å². The van der Waals surface area contributed by atoms with Crippen molar-refractivity contribution in [2.24, 2.45) is 5.73 Å². The van der Waals surface area contributed by atoms with Crippen molar-refractivity contribution in [3.63, 3.8) is 0 Å². The van der Waals surface area contributed by atoms with E-state index in [4.69, 9.17) is 10.5 Å². The van der Waals surface area contributed by atoms with E-state index in [1.807, 2.05) is 0 Å². The molecule has 0 aliphatic heterocycles. The van der Waals surface area contributed by atoms with Gasteiger partial charge in [-0.05, 0) is 71.5 Å². The molecular formula is C17H35N3O3. The van der Waals surface area contributed by atoms with Gasteiger partial charge in [0.15, 0.2) is 5.78 Å². The number of carbonyl (C=O) groups is 2. The molecular weight excluding hydrogens is 294 g/mol. The number of hydrogen-bond acceptors (Lipinski definition) is 5. The molecule has 0 saturated heterocycles. The van der Waals surface area contributed by atoms with E-state index in [1.165, 1.54) is 0 Å². The maximum absolute atomic E-state index is 11.8. The first-order valence-corrected chi connectivity index (χ1v) is 8.81. The Kier molecular flexibility index (Phi) is 15.2. The molecule has 23 heavy (non-hydrogen) atoms. The summed E-state index contributed by atoms with van der Waals surface area (Å²) >= 11 is 0. The van der Waals surface area contributed by atoms with Crippen LogP contribution in [0.2, 0.25) is 0 Å². The number of nitrogens with two attached hydrogens (primary N) is 1. The van der Waals surface area contributed by atoms with E-state index >= 15 is 0 Å². The summed E-state index contributed by atoms with van der Waals surface area (Å²) in [4.78, 5) is 23.4. The van der Waals surface area contributed by atoms with Crippen LogP contribution in [0.3, 0.4) is 0 Å². The third-order valence-electron chi connectivity index (χ3n) is 3.73. The second kappa shape index (κ2) is 15.9. The number of methoxy groups -OCH3 is 1. The van der Waals surface area contributed by atoms with Gasteiger partial charge in [-0.2, -0.15) is 0 Å². The summed E-state index contributed by atoms with van der Waals surface area (Å²) in [5.74, 6) is -0.0142. The van der Waals surface area contributed by atoms with Crippen molar-refractivity contribution in [3.05, 3.63) is 0 Å². The average Bonchev–Trinajstić information content (AvgIpc) is 2.52. The predicted octanol–water partition coefficient (Wildman–Crippen LogP) is 1.38. The van der Waals surface area contributed by atoms with Gasteiger partial charge in [-0.1, -0.05) is 0 Å². The van der Waals surface area contributed by atoms with Crippen LogP contribution in [0.4, 0.5) is 0 Å². The van der Waals surface area contributed by atoms with Gasteiger partial charge in [0.05, 0.1) is 6.04 Å². The van der Waals surface area contributed by atoms with Gasteiger partial charge in [0.1, 0.15) is 0 Å². The first-order chi connectivity index (χ1) is 11.1. The van der Waals surface area contributed by atoms with E-state index in [1.54, 1.807) is 14.0 Å². The molecule has 0 aliphatic rings. The number of ether oxygens (including phenoxy) is 1. The minimum atomic E-state index is -0.345. The van der Waals surface area contributed by atoms with Gasteiger partial charge in [-0.15, -0.1) is 0 Å². The van der Waals surface area contributed by atoms with Crippen molar-refractivity contribution < 1.29 is 14.3 Å². The molecule has 0 spiro atoms. The highest BCUT2D eigenvalue weighted by molar-refractivity contribution is 5.87. The van der Waals surface area contributed by atoms with Crippen molar-refractivity contribution >= 4 is 11.7 Å². The van der Waals surface area contributed by atoms with Gasteiger partial charge in [0.25, 0.3) is 0 Å². The lowest BCUT2D eigenvalue weighted by Gasteiger charge is -2.16. The fourth-order valence-electron chi connectivity index (χ4n) is 2.29. The zero-order valence-electron chi connectivity index (χ0n) is 14.9. The highest BCUT2D eigenvalue weighted by Crippen LogP contribution is 2.03. The van der Waals surface area contributed by atoms with Crippen molar-refractivity contribution in [2.75, 3.05) is 33.4 Å². The Morgan fingerprint density at radius 3 is 2.35 bits per heavy atom. The van der Waals surface area contributed by atoms with Crippen LogP contribution in [0.5, 0.6) is 0 Å². The summed E-state index contributed by atoms with van der Waals surface area (Å²) in [7, 11) is 1.72. The van der Waals surface area contributed by atoms with E-state index in [2.05, 4.69) is 10.6 Å². The van der Waals surface area contributed by atoms with Gasteiger partial charge in [0.2, 0.25) is 5.91 Å². The lowest BCUT2D eigenvalue weighted by Crippen LogP contribution is -2.39. The van der Waals surface area contributed by atoms with E-state index in [9.17, 15) is 9.59 Å². The van der Waals surface area contributed by atoms with Gasteiger partial charge >= 0.3 is 0 Å². The van der Waals surface area contributed by atoms with Crippen LogP contribution in [0.15, 0.2) is 0 Å². The molecule has 1 amide bonds. The summed E-state index contributed by atoms with van der Waals surface area (Å²) in [5, 5.41) is 6.22. The summed E-state index contributed by atoms with van der Waals surface area (Å²) in [6.07, 6.45) is 6.91. The molecule has 0 aliphatic carbocycles. The largest absolute Gasteiger partial charge is 0.385 e. The van der Waals surface area contributed by atoms with E-state index in [0.717, 1.165) is 58.2 Å². The zero-order chi connectivity index (χ0) is 17.3. The van der Waals surface area contributed by atoms with Gasteiger partial charge in [-0.25, -0.2) is 0 Å². The Morgan fingerprint density at radius 1 is 1.04 bits per heavy atom. The maximum atomic E-state index is 11.8. The summed E-state index contributed by atoms with van der Waals surface area (Å²) in [6.45, 7) is 4.90. The second-order valence-corrected chi connectivity index (χ2v) is 5.92. The third kappa shape index (κ3) is 14.3. The molecule has 1 atom stereocenters. The SMILES string of the molecule is COCCCCNCCCCC(NC(=O)CCCCN)C(C)=O. The molecule has 0 radical (unpaired) electrons. The number of rotatable bonds is 16. The van der Waals surface area contributed by atoms with E-state index in [0.29, 0.717) is 19.4 Å². The minimum absolute atomic E-state index is 0.0321. The molecule has 6 nitrogen and oxygen atoms in total. The first-order valence-electron chi connectivity index (χ1n) is 8.81.